The van der Waals surface area contributed by atoms with Gasteiger partial charge in [0.1, 0.15) is 54.6 Å². The lowest BCUT2D eigenvalue weighted by Crippen LogP contribution is -2.65. The number of aliphatic carboxylic acids is 1. The second-order valence-electron chi connectivity index (χ2n) is 18.2. The normalized spacial score (nSPS) is 24.9. The standard InChI is InChI=1S/C46H72N10O12/c1-8-9-11-18-34(57)50-31(24-36(59)60)40(62)54-38-27(6)68-45(67)37(26(4)5)53-41(63)32(23-28-15-12-10-13-16-28)55(7)44(66)33(22-25(2)3)56-35(58)20-19-30(43(56)65)52-39(61)29(51-42(38)64)17-14-21-49-46(47)48/h10,12-13,15-16,25-27,29-33,35,37-38,58H,8-9,11,14,17-24H2,1-7H3,(H,50,57)(H,51,64)(H,52,61)(H,53,63)(H,54,62)(H,59,60)(H4,47,48,49)/t27-,29+,30+,31-,32+,33+,35+,37-,38+/m1/s1. The average Bonchev–Trinajstić information content (AvgIpc) is 3.26. The molecule has 2 aliphatic rings. The fourth-order valence-corrected chi connectivity index (χ4v) is 8.03. The van der Waals surface area contributed by atoms with Gasteiger partial charge in [-0.05, 0) is 62.8 Å². The highest BCUT2D eigenvalue weighted by Crippen LogP contribution is 2.26. The Bertz CT molecular complexity index is 1960. The summed E-state index contributed by atoms with van der Waals surface area (Å²) in [5.74, 6) is -9.59. The zero-order chi connectivity index (χ0) is 50.8. The number of guanidine groups is 1. The Morgan fingerprint density at radius 3 is 2.18 bits per heavy atom. The van der Waals surface area contributed by atoms with E-state index >= 15 is 0 Å². The van der Waals surface area contributed by atoms with E-state index in [1.807, 2.05) is 20.8 Å². The van der Waals surface area contributed by atoms with E-state index in [-0.39, 0.29) is 63.4 Å². The van der Waals surface area contributed by atoms with Crippen LogP contribution in [0, 0.1) is 11.8 Å². The van der Waals surface area contributed by atoms with Crippen LogP contribution in [0.15, 0.2) is 35.3 Å². The monoisotopic (exact) mass is 957 g/mol. The van der Waals surface area contributed by atoms with Crippen LogP contribution >= 0.6 is 0 Å². The maximum absolute atomic E-state index is 14.8. The lowest BCUT2D eigenvalue weighted by Gasteiger charge is -2.43. The van der Waals surface area contributed by atoms with E-state index in [9.17, 15) is 53.4 Å². The number of nitrogens with zero attached hydrogens (tertiary/aromatic N) is 3. The molecular formula is C46H72N10O12. The SMILES string of the molecule is CCCCCC(=O)N[C@H](CC(=O)O)C(=O)N[C@@H]1C(=O)N[C@@H](CCCN=C(N)N)C(=O)N[C@H]2CC[C@H](O)N(C2=O)[C@@H](CC(C)C)C(=O)N(C)[C@@H](Cc2ccccc2)C(=O)N[C@H](C(C)C)C(=O)O[C@@H]1C. The number of rotatable bonds is 18. The van der Waals surface area contributed by atoms with Crippen molar-refractivity contribution in [2.45, 2.75) is 167 Å². The lowest BCUT2D eigenvalue weighted by molar-refractivity contribution is -0.166. The molecule has 2 saturated heterocycles. The quantitative estimate of drug-likeness (QED) is 0.0390. The summed E-state index contributed by atoms with van der Waals surface area (Å²) in [6, 6.07) is -1.57. The van der Waals surface area contributed by atoms with Crippen molar-refractivity contribution < 1.29 is 58.1 Å². The van der Waals surface area contributed by atoms with Gasteiger partial charge in [0, 0.05) is 26.4 Å². The molecule has 22 nitrogen and oxygen atoms in total. The Hall–Kier alpha value is -6.32. The Labute approximate surface area is 397 Å². The number of aliphatic imine (C=N–C) groups is 1. The van der Waals surface area contributed by atoms with Crippen molar-refractivity contribution in [2.24, 2.45) is 28.3 Å². The molecule has 0 aliphatic carbocycles. The minimum atomic E-state index is -1.85. The van der Waals surface area contributed by atoms with Crippen LogP contribution in [0.25, 0.3) is 0 Å². The number of piperidine rings is 1. The highest BCUT2D eigenvalue weighted by Gasteiger charge is 2.46. The molecule has 3 rings (SSSR count). The Morgan fingerprint density at radius 2 is 1.57 bits per heavy atom. The number of ether oxygens (including phenoxy) is 1. The maximum atomic E-state index is 14.8. The zero-order valence-corrected chi connectivity index (χ0v) is 40.2. The van der Waals surface area contributed by atoms with Gasteiger partial charge in [0.15, 0.2) is 5.96 Å². The summed E-state index contributed by atoms with van der Waals surface area (Å²) >= 11 is 0. The summed E-state index contributed by atoms with van der Waals surface area (Å²) in [7, 11) is 1.39. The largest absolute Gasteiger partial charge is 0.481 e. The van der Waals surface area contributed by atoms with E-state index in [0.717, 1.165) is 11.3 Å². The van der Waals surface area contributed by atoms with E-state index in [0.29, 0.717) is 18.4 Å². The van der Waals surface area contributed by atoms with Crippen molar-refractivity contribution in [2.75, 3.05) is 13.6 Å². The molecule has 1 aromatic rings. The van der Waals surface area contributed by atoms with Crippen molar-refractivity contribution in [1.82, 2.24) is 36.4 Å². The molecule has 2 fully saturated rings. The number of hydrogen-bond acceptors (Lipinski definition) is 12. The van der Waals surface area contributed by atoms with E-state index < -0.39 is 120 Å². The van der Waals surface area contributed by atoms with Crippen LogP contribution in [0.2, 0.25) is 0 Å². The zero-order valence-electron chi connectivity index (χ0n) is 40.2. The first-order valence-electron chi connectivity index (χ1n) is 23.3. The highest BCUT2D eigenvalue weighted by molar-refractivity contribution is 5.98. The number of fused-ring (bicyclic) bond motifs is 2. The third-order valence-electron chi connectivity index (χ3n) is 11.8. The molecule has 11 N–H and O–H groups in total. The van der Waals surface area contributed by atoms with Crippen LogP contribution in [0.1, 0.15) is 111 Å². The molecule has 2 bridgehead atoms. The predicted molar refractivity (Wildman–Crippen MR) is 248 cm³/mol. The van der Waals surface area contributed by atoms with Gasteiger partial charge in [0.2, 0.25) is 41.4 Å². The van der Waals surface area contributed by atoms with Crippen molar-refractivity contribution >= 4 is 59.2 Å². The predicted octanol–water partition coefficient (Wildman–Crippen LogP) is -0.455. The fraction of sp³-hybridized carbons (Fsp3) is 0.652. The van der Waals surface area contributed by atoms with Crippen LogP contribution in [-0.4, -0.2) is 147 Å². The van der Waals surface area contributed by atoms with Crippen LogP contribution in [-0.2, 0) is 54.3 Å². The van der Waals surface area contributed by atoms with Crippen molar-refractivity contribution in [1.29, 1.82) is 0 Å². The van der Waals surface area contributed by atoms with Crippen LogP contribution in [0.3, 0.4) is 0 Å². The number of esters is 1. The molecule has 2 heterocycles. The number of cyclic esters (lactones) is 1. The van der Waals surface area contributed by atoms with Gasteiger partial charge in [0.25, 0.3) is 0 Å². The second-order valence-corrected chi connectivity index (χ2v) is 18.2. The Balaban J connectivity index is 2.22. The molecule has 0 spiro atoms. The number of aliphatic hydroxyl groups is 1. The maximum Gasteiger partial charge on any atom is 0.329 e. The summed E-state index contributed by atoms with van der Waals surface area (Å²) in [6.45, 7) is 10.1. The molecule has 7 amide bonds. The molecule has 22 heteroatoms. The molecule has 0 unspecified atom stereocenters. The molecule has 0 aromatic heterocycles. The Morgan fingerprint density at radius 1 is 0.897 bits per heavy atom. The molecular weight excluding hydrogens is 885 g/mol. The Kier molecular flexibility index (Phi) is 22.1. The number of aliphatic hydroxyl groups excluding tert-OH is 1. The molecule has 68 heavy (non-hydrogen) atoms. The number of nitrogens with one attached hydrogen (secondary N) is 5. The highest BCUT2D eigenvalue weighted by atomic mass is 16.5. The van der Waals surface area contributed by atoms with Gasteiger partial charge in [0.05, 0.1) is 6.42 Å². The molecule has 2 aliphatic heterocycles. The smallest absolute Gasteiger partial charge is 0.329 e. The fourth-order valence-electron chi connectivity index (χ4n) is 8.03. The molecule has 1 aromatic carbocycles. The van der Waals surface area contributed by atoms with Crippen LogP contribution < -0.4 is 38.1 Å². The minimum absolute atomic E-state index is 0.00735. The third-order valence-corrected chi connectivity index (χ3v) is 11.8. The topological polar surface area (TPSA) is 334 Å². The molecule has 378 valence electrons. The molecule has 0 radical (unpaired) electrons. The van der Waals surface area contributed by atoms with Gasteiger partial charge in [-0.15, -0.1) is 0 Å². The molecule has 9 atom stereocenters. The number of likely N-dealkylation sites (N-methyl/N-ethyl adjacent to an activating group) is 1. The average molecular weight is 957 g/mol. The summed E-state index contributed by atoms with van der Waals surface area (Å²) in [5.41, 5.74) is 11.7. The molecule has 0 saturated carbocycles. The lowest BCUT2D eigenvalue weighted by atomic mass is 9.94. The van der Waals surface area contributed by atoms with E-state index in [1.54, 1.807) is 44.2 Å². The first-order chi connectivity index (χ1) is 32.0. The van der Waals surface area contributed by atoms with Crippen LogP contribution in [0.5, 0.6) is 0 Å². The first kappa shape index (κ1) is 56.0. The first-order valence-corrected chi connectivity index (χ1v) is 23.3. The number of hydrogen-bond donors (Lipinski definition) is 9. The van der Waals surface area contributed by atoms with Gasteiger partial charge >= 0.3 is 11.9 Å². The number of carboxylic acids is 1. The van der Waals surface area contributed by atoms with Crippen molar-refractivity contribution in [3.8, 4) is 0 Å². The number of carbonyl (C=O) groups excluding carboxylic acids is 8. The number of benzene rings is 1. The number of carboxylic acid groups (broad SMARTS) is 1. The minimum Gasteiger partial charge on any atom is -0.481 e. The van der Waals surface area contributed by atoms with Gasteiger partial charge in [-0.3, -0.25) is 43.3 Å². The van der Waals surface area contributed by atoms with E-state index in [4.69, 9.17) is 16.2 Å². The number of unbranched alkanes of at least 4 members (excludes halogenated alkanes) is 2. The number of carbonyl (C=O) groups is 9. The van der Waals surface area contributed by atoms with Gasteiger partial charge in [-0.2, -0.15) is 0 Å². The van der Waals surface area contributed by atoms with Gasteiger partial charge in [-0.1, -0.05) is 77.8 Å². The van der Waals surface area contributed by atoms with Crippen molar-refractivity contribution in [3.63, 3.8) is 0 Å². The van der Waals surface area contributed by atoms with Crippen molar-refractivity contribution in [3.05, 3.63) is 35.9 Å². The summed E-state index contributed by atoms with van der Waals surface area (Å²) in [6.07, 6.45) is -2.15. The van der Waals surface area contributed by atoms with Gasteiger partial charge < -0.3 is 62.8 Å². The van der Waals surface area contributed by atoms with Gasteiger partial charge in [-0.25, -0.2) is 4.79 Å². The second kappa shape index (κ2) is 26.9. The number of amides is 7. The summed E-state index contributed by atoms with van der Waals surface area (Å²) < 4.78 is 5.82. The van der Waals surface area contributed by atoms with Crippen LogP contribution in [0.4, 0.5) is 0 Å². The van der Waals surface area contributed by atoms with E-state index in [2.05, 4.69) is 31.6 Å². The third kappa shape index (κ3) is 16.8. The summed E-state index contributed by atoms with van der Waals surface area (Å²) in [5, 5.41) is 33.9. The van der Waals surface area contributed by atoms with E-state index in [1.165, 1.54) is 18.9 Å². The summed E-state index contributed by atoms with van der Waals surface area (Å²) in [4.78, 5) is 132. The number of nitrogens with two attached hydrogens (primary N) is 2.